The van der Waals surface area contributed by atoms with Crippen LogP contribution in [0.4, 0.5) is 0 Å². The van der Waals surface area contributed by atoms with E-state index < -0.39 is 15.1 Å². The first-order chi connectivity index (χ1) is 6.59. The van der Waals surface area contributed by atoms with Crippen molar-refractivity contribution >= 4 is 9.84 Å². The lowest BCUT2D eigenvalue weighted by Crippen LogP contribution is -2.21. The van der Waals surface area contributed by atoms with Gasteiger partial charge in [-0.15, -0.1) is 0 Å². The Labute approximate surface area is 82.8 Å². The molecule has 0 saturated heterocycles. The van der Waals surface area contributed by atoms with Crippen molar-refractivity contribution in [3.63, 3.8) is 0 Å². The van der Waals surface area contributed by atoms with Gasteiger partial charge in [-0.05, 0) is 19.4 Å². The van der Waals surface area contributed by atoms with Gasteiger partial charge in [-0.25, -0.2) is 18.4 Å². The van der Waals surface area contributed by atoms with Crippen LogP contribution in [-0.4, -0.2) is 35.3 Å². The zero-order valence-electron chi connectivity index (χ0n) is 7.79. The monoisotopic (exact) mass is 216 g/mol. The van der Waals surface area contributed by atoms with Gasteiger partial charge in [0.2, 0.25) is 15.0 Å². The van der Waals surface area contributed by atoms with Gasteiger partial charge in [0.25, 0.3) is 0 Å². The Balaban J connectivity index is 2.97. The molecule has 0 spiro atoms. The summed E-state index contributed by atoms with van der Waals surface area (Å²) in [5.74, 6) is 0. The highest BCUT2D eigenvalue weighted by atomic mass is 32.2. The van der Waals surface area contributed by atoms with Gasteiger partial charge in [0.1, 0.15) is 0 Å². The number of hydrogen-bond donors (Lipinski definition) is 1. The van der Waals surface area contributed by atoms with E-state index in [1.54, 1.807) is 6.07 Å². The molecule has 0 bridgehead atoms. The molecule has 0 amide bonds. The molecule has 1 atom stereocenters. The molecule has 0 fully saturated rings. The minimum Gasteiger partial charge on any atom is -0.396 e. The molecular formula is C8H12N2O3S. The molecule has 0 aliphatic rings. The van der Waals surface area contributed by atoms with Crippen LogP contribution < -0.4 is 0 Å². The fourth-order valence-corrected chi connectivity index (χ4v) is 2.14. The Bertz CT molecular complexity index is 377. The lowest BCUT2D eigenvalue weighted by Gasteiger charge is -2.08. The van der Waals surface area contributed by atoms with E-state index in [0.717, 1.165) is 0 Å². The summed E-state index contributed by atoms with van der Waals surface area (Å²) >= 11 is 0. The molecule has 0 aliphatic heterocycles. The first-order valence-corrected chi connectivity index (χ1v) is 5.75. The van der Waals surface area contributed by atoms with Crippen LogP contribution in [0.15, 0.2) is 23.6 Å². The number of aliphatic hydroxyl groups is 1. The second-order valence-electron chi connectivity index (χ2n) is 2.90. The molecular weight excluding hydrogens is 204 g/mol. The molecule has 1 aromatic heterocycles. The Morgan fingerprint density at radius 1 is 1.43 bits per heavy atom. The summed E-state index contributed by atoms with van der Waals surface area (Å²) in [5, 5.41) is 7.80. The van der Waals surface area contributed by atoms with E-state index in [2.05, 4.69) is 9.97 Å². The summed E-state index contributed by atoms with van der Waals surface area (Å²) in [6.45, 7) is 1.37. The van der Waals surface area contributed by atoms with Crippen molar-refractivity contribution in [2.45, 2.75) is 23.8 Å². The van der Waals surface area contributed by atoms with Crippen molar-refractivity contribution in [1.82, 2.24) is 9.97 Å². The first kappa shape index (κ1) is 11.1. The second kappa shape index (κ2) is 4.47. The number of nitrogens with zero attached hydrogens (tertiary/aromatic N) is 2. The number of sulfone groups is 1. The number of rotatable bonds is 4. The quantitative estimate of drug-likeness (QED) is 0.718. The highest BCUT2D eigenvalue weighted by molar-refractivity contribution is 7.91. The number of aromatic nitrogens is 2. The summed E-state index contributed by atoms with van der Waals surface area (Å²) in [6, 6.07) is 1.55. The average Bonchev–Trinajstić information content (AvgIpc) is 2.19. The Morgan fingerprint density at radius 2 is 2.00 bits per heavy atom. The molecule has 1 rings (SSSR count). The van der Waals surface area contributed by atoms with Crippen molar-refractivity contribution in [2.75, 3.05) is 6.61 Å². The van der Waals surface area contributed by atoms with E-state index >= 15 is 0 Å². The van der Waals surface area contributed by atoms with Crippen LogP contribution in [0.5, 0.6) is 0 Å². The maximum absolute atomic E-state index is 11.7. The van der Waals surface area contributed by atoms with Crippen LogP contribution in [0.25, 0.3) is 0 Å². The third-order valence-electron chi connectivity index (χ3n) is 1.86. The van der Waals surface area contributed by atoms with E-state index in [0.29, 0.717) is 0 Å². The van der Waals surface area contributed by atoms with Crippen LogP contribution in [0, 0.1) is 0 Å². The van der Waals surface area contributed by atoms with Crippen LogP contribution in [0.1, 0.15) is 13.3 Å². The third kappa shape index (κ3) is 2.27. The van der Waals surface area contributed by atoms with Gasteiger partial charge in [-0.1, -0.05) is 0 Å². The van der Waals surface area contributed by atoms with E-state index in [-0.39, 0.29) is 18.2 Å². The molecule has 6 heteroatoms. The summed E-state index contributed by atoms with van der Waals surface area (Å²) < 4.78 is 23.4. The zero-order chi connectivity index (χ0) is 10.6. The van der Waals surface area contributed by atoms with Gasteiger partial charge in [-0.2, -0.15) is 0 Å². The molecule has 5 nitrogen and oxygen atoms in total. The van der Waals surface area contributed by atoms with Crippen LogP contribution in [0.3, 0.4) is 0 Å². The predicted molar refractivity (Wildman–Crippen MR) is 50.4 cm³/mol. The van der Waals surface area contributed by atoms with Gasteiger partial charge >= 0.3 is 0 Å². The van der Waals surface area contributed by atoms with Crippen molar-refractivity contribution < 1.29 is 13.5 Å². The maximum atomic E-state index is 11.7. The molecule has 14 heavy (non-hydrogen) atoms. The predicted octanol–water partition coefficient (Wildman–Crippen LogP) is 0.0212. The van der Waals surface area contributed by atoms with Gasteiger partial charge in [-0.3, -0.25) is 0 Å². The van der Waals surface area contributed by atoms with Crippen molar-refractivity contribution in [3.8, 4) is 0 Å². The molecule has 0 aliphatic carbocycles. The highest BCUT2D eigenvalue weighted by Crippen LogP contribution is 2.12. The normalized spacial score (nSPS) is 13.9. The first-order valence-electron chi connectivity index (χ1n) is 4.21. The molecule has 1 heterocycles. The lowest BCUT2D eigenvalue weighted by molar-refractivity contribution is 0.287. The topological polar surface area (TPSA) is 80.1 Å². The summed E-state index contributed by atoms with van der Waals surface area (Å²) in [4.78, 5) is 7.35. The molecule has 1 unspecified atom stereocenters. The molecule has 0 aromatic carbocycles. The highest BCUT2D eigenvalue weighted by Gasteiger charge is 2.25. The Morgan fingerprint density at radius 3 is 2.50 bits per heavy atom. The summed E-state index contributed by atoms with van der Waals surface area (Å²) in [6.07, 6.45) is 2.96. The van der Waals surface area contributed by atoms with Gasteiger partial charge in [0.05, 0.1) is 5.25 Å². The van der Waals surface area contributed by atoms with E-state index in [9.17, 15) is 8.42 Å². The molecule has 1 aromatic rings. The van der Waals surface area contributed by atoms with Crippen LogP contribution in [-0.2, 0) is 9.84 Å². The fraction of sp³-hybridized carbons (Fsp3) is 0.500. The molecule has 78 valence electrons. The van der Waals surface area contributed by atoms with Gasteiger partial charge in [0, 0.05) is 19.0 Å². The Kier molecular flexibility index (Phi) is 3.54. The Hall–Kier alpha value is -1.01. The summed E-state index contributed by atoms with van der Waals surface area (Å²) in [5.41, 5.74) is 0. The minimum atomic E-state index is -3.48. The van der Waals surface area contributed by atoms with Crippen molar-refractivity contribution in [3.05, 3.63) is 18.5 Å². The average molecular weight is 216 g/mol. The standard InChI is InChI=1S/C8H12N2O3S/c1-7(3-6-11)14(12,13)8-9-4-2-5-10-8/h2,4-5,7,11H,3,6H2,1H3. The molecule has 1 N–H and O–H groups in total. The van der Waals surface area contributed by atoms with Gasteiger partial charge in [0.15, 0.2) is 0 Å². The van der Waals surface area contributed by atoms with Crippen molar-refractivity contribution in [2.24, 2.45) is 0 Å². The van der Waals surface area contributed by atoms with E-state index in [1.165, 1.54) is 19.3 Å². The maximum Gasteiger partial charge on any atom is 0.247 e. The summed E-state index contributed by atoms with van der Waals surface area (Å²) in [7, 11) is -3.48. The van der Waals surface area contributed by atoms with E-state index in [4.69, 9.17) is 5.11 Å². The van der Waals surface area contributed by atoms with Gasteiger partial charge < -0.3 is 5.11 Å². The smallest absolute Gasteiger partial charge is 0.247 e. The largest absolute Gasteiger partial charge is 0.396 e. The SMILES string of the molecule is CC(CCO)S(=O)(=O)c1ncccn1. The molecule has 0 radical (unpaired) electrons. The van der Waals surface area contributed by atoms with Crippen molar-refractivity contribution in [1.29, 1.82) is 0 Å². The van der Waals surface area contributed by atoms with Crippen LogP contribution in [0.2, 0.25) is 0 Å². The second-order valence-corrected chi connectivity index (χ2v) is 5.16. The van der Waals surface area contributed by atoms with Crippen LogP contribution >= 0.6 is 0 Å². The minimum absolute atomic E-state index is 0.159. The lowest BCUT2D eigenvalue weighted by atomic mass is 10.3. The number of aliphatic hydroxyl groups excluding tert-OH is 1. The molecule has 0 saturated carbocycles. The van der Waals surface area contributed by atoms with E-state index in [1.807, 2.05) is 0 Å². The fourth-order valence-electron chi connectivity index (χ4n) is 0.949. The zero-order valence-corrected chi connectivity index (χ0v) is 8.61. The number of hydrogen-bond acceptors (Lipinski definition) is 5. The third-order valence-corrected chi connectivity index (χ3v) is 3.88.